The first kappa shape index (κ1) is 14.1. The van der Waals surface area contributed by atoms with E-state index in [1.54, 1.807) is 0 Å². The Hall–Kier alpha value is -1.34. The third kappa shape index (κ3) is 2.98. The van der Waals surface area contributed by atoms with E-state index in [2.05, 4.69) is 10.3 Å². The molecular formula is C12H20N4O2S. The minimum absolute atomic E-state index is 0.0539. The molecule has 0 saturated carbocycles. The molecular weight excluding hydrogens is 264 g/mol. The van der Waals surface area contributed by atoms with E-state index in [9.17, 15) is 4.79 Å². The minimum atomic E-state index is -0.0539. The molecule has 2 rings (SSSR count). The number of anilines is 2. The van der Waals surface area contributed by atoms with Crippen LogP contribution in [-0.4, -0.2) is 47.6 Å². The number of hydrogen-bond donors (Lipinski definition) is 2. The molecule has 1 aromatic rings. The normalized spacial score (nSPS) is 23.4. The van der Waals surface area contributed by atoms with Gasteiger partial charge in [0.05, 0.1) is 18.8 Å². The SMILES string of the molecule is CCNc1nc(N)c(C(=O)N2CC(C)OCC2C)s1. The molecule has 0 aromatic carbocycles. The molecule has 1 aliphatic rings. The Balaban J connectivity index is 2.18. The van der Waals surface area contributed by atoms with Crippen molar-refractivity contribution in [1.82, 2.24) is 9.88 Å². The van der Waals surface area contributed by atoms with Gasteiger partial charge in [-0.2, -0.15) is 0 Å². The van der Waals surface area contributed by atoms with Crippen molar-refractivity contribution in [2.24, 2.45) is 0 Å². The average Bonchev–Trinajstić information content (AvgIpc) is 2.73. The molecule has 19 heavy (non-hydrogen) atoms. The molecule has 1 fully saturated rings. The number of hydrogen-bond acceptors (Lipinski definition) is 6. The van der Waals surface area contributed by atoms with Crippen LogP contribution in [0.4, 0.5) is 10.9 Å². The lowest BCUT2D eigenvalue weighted by molar-refractivity contribution is -0.0385. The summed E-state index contributed by atoms with van der Waals surface area (Å²) in [6.45, 7) is 7.83. The number of thiazole rings is 1. The highest BCUT2D eigenvalue weighted by Crippen LogP contribution is 2.27. The Morgan fingerprint density at radius 2 is 2.37 bits per heavy atom. The van der Waals surface area contributed by atoms with Gasteiger partial charge in [-0.25, -0.2) is 4.98 Å². The number of carbonyl (C=O) groups excluding carboxylic acids is 1. The van der Waals surface area contributed by atoms with Crippen molar-refractivity contribution in [2.45, 2.75) is 32.9 Å². The van der Waals surface area contributed by atoms with E-state index in [4.69, 9.17) is 10.5 Å². The van der Waals surface area contributed by atoms with Crippen LogP contribution in [0.1, 0.15) is 30.4 Å². The van der Waals surface area contributed by atoms with E-state index >= 15 is 0 Å². The summed E-state index contributed by atoms with van der Waals surface area (Å²) in [6.07, 6.45) is 0.0579. The van der Waals surface area contributed by atoms with Gasteiger partial charge in [-0.15, -0.1) is 0 Å². The second kappa shape index (κ2) is 5.75. The number of rotatable bonds is 3. The first-order valence-electron chi connectivity index (χ1n) is 6.45. The smallest absolute Gasteiger partial charge is 0.268 e. The Morgan fingerprint density at radius 1 is 1.63 bits per heavy atom. The van der Waals surface area contributed by atoms with Crippen LogP contribution in [-0.2, 0) is 4.74 Å². The van der Waals surface area contributed by atoms with E-state index in [1.165, 1.54) is 11.3 Å². The molecule has 0 radical (unpaired) electrons. The van der Waals surface area contributed by atoms with Gasteiger partial charge in [0, 0.05) is 13.1 Å². The predicted octanol–water partition coefficient (Wildman–Crippen LogP) is 1.41. The monoisotopic (exact) mass is 284 g/mol. The lowest BCUT2D eigenvalue weighted by atomic mass is 10.2. The van der Waals surface area contributed by atoms with Gasteiger partial charge in [0.15, 0.2) is 5.13 Å². The topological polar surface area (TPSA) is 80.5 Å². The number of amides is 1. The van der Waals surface area contributed by atoms with Gasteiger partial charge >= 0.3 is 0 Å². The van der Waals surface area contributed by atoms with Crippen LogP contribution in [0, 0.1) is 0 Å². The zero-order valence-corrected chi connectivity index (χ0v) is 12.3. The number of nitrogens with zero attached hydrogens (tertiary/aromatic N) is 2. The first-order chi connectivity index (χ1) is 9.02. The number of nitrogen functional groups attached to an aromatic ring is 1. The van der Waals surface area contributed by atoms with Crippen molar-refractivity contribution in [3.63, 3.8) is 0 Å². The second-order valence-electron chi connectivity index (χ2n) is 4.71. The van der Waals surface area contributed by atoms with E-state index < -0.39 is 0 Å². The van der Waals surface area contributed by atoms with Crippen LogP contribution < -0.4 is 11.1 Å². The molecule has 6 nitrogen and oxygen atoms in total. The molecule has 2 heterocycles. The third-order valence-electron chi connectivity index (χ3n) is 3.04. The number of aromatic nitrogens is 1. The third-order valence-corrected chi connectivity index (χ3v) is 4.06. The van der Waals surface area contributed by atoms with Crippen LogP contribution >= 0.6 is 11.3 Å². The second-order valence-corrected chi connectivity index (χ2v) is 5.71. The lowest BCUT2D eigenvalue weighted by Gasteiger charge is -2.36. The van der Waals surface area contributed by atoms with Crippen LogP contribution in [0.5, 0.6) is 0 Å². The van der Waals surface area contributed by atoms with Gasteiger partial charge in [0.25, 0.3) is 5.91 Å². The van der Waals surface area contributed by atoms with Crippen LogP contribution in [0.15, 0.2) is 0 Å². The van der Waals surface area contributed by atoms with Gasteiger partial charge in [0.2, 0.25) is 0 Å². The van der Waals surface area contributed by atoms with Gasteiger partial charge in [0.1, 0.15) is 10.7 Å². The summed E-state index contributed by atoms with van der Waals surface area (Å²) >= 11 is 1.31. The zero-order chi connectivity index (χ0) is 14.0. The fraction of sp³-hybridized carbons (Fsp3) is 0.667. The maximum Gasteiger partial charge on any atom is 0.268 e. The summed E-state index contributed by atoms with van der Waals surface area (Å²) in [4.78, 5) is 19.0. The molecule has 1 aromatic heterocycles. The molecule has 1 saturated heterocycles. The van der Waals surface area contributed by atoms with Crippen molar-refractivity contribution in [1.29, 1.82) is 0 Å². The van der Waals surface area contributed by atoms with Crippen molar-refractivity contribution >= 4 is 28.2 Å². The molecule has 106 valence electrons. The maximum absolute atomic E-state index is 12.5. The average molecular weight is 284 g/mol. The molecule has 0 aliphatic carbocycles. The molecule has 1 aliphatic heterocycles. The summed E-state index contributed by atoms with van der Waals surface area (Å²) in [6, 6.07) is 0.0628. The Morgan fingerprint density at radius 3 is 3.05 bits per heavy atom. The summed E-state index contributed by atoms with van der Waals surface area (Å²) in [5.41, 5.74) is 5.84. The number of morpholine rings is 1. The molecule has 2 unspecified atom stereocenters. The van der Waals surface area contributed by atoms with E-state index in [0.717, 1.165) is 6.54 Å². The van der Waals surface area contributed by atoms with E-state index in [0.29, 0.717) is 29.0 Å². The van der Waals surface area contributed by atoms with Crippen molar-refractivity contribution in [3.8, 4) is 0 Å². The molecule has 3 N–H and O–H groups in total. The fourth-order valence-electron chi connectivity index (χ4n) is 2.03. The van der Waals surface area contributed by atoms with Crippen molar-refractivity contribution in [3.05, 3.63) is 4.88 Å². The van der Waals surface area contributed by atoms with Crippen molar-refractivity contribution in [2.75, 3.05) is 30.7 Å². The summed E-state index contributed by atoms with van der Waals surface area (Å²) < 4.78 is 5.53. The summed E-state index contributed by atoms with van der Waals surface area (Å²) in [5.74, 6) is 0.249. The van der Waals surface area contributed by atoms with Gasteiger partial charge in [-0.05, 0) is 20.8 Å². The molecule has 7 heteroatoms. The first-order valence-corrected chi connectivity index (χ1v) is 7.27. The number of nitrogens with one attached hydrogen (secondary N) is 1. The Kier molecular flexibility index (Phi) is 4.26. The quantitative estimate of drug-likeness (QED) is 0.877. The Bertz CT molecular complexity index is 463. The number of carbonyl (C=O) groups is 1. The summed E-state index contributed by atoms with van der Waals surface area (Å²) in [7, 11) is 0. The lowest BCUT2D eigenvalue weighted by Crippen LogP contribution is -2.50. The minimum Gasteiger partial charge on any atom is -0.382 e. The highest BCUT2D eigenvalue weighted by Gasteiger charge is 2.30. The van der Waals surface area contributed by atoms with Gasteiger partial charge < -0.3 is 20.7 Å². The van der Waals surface area contributed by atoms with E-state index in [-0.39, 0.29) is 18.1 Å². The zero-order valence-electron chi connectivity index (χ0n) is 11.5. The largest absolute Gasteiger partial charge is 0.382 e. The molecule has 0 bridgehead atoms. The van der Waals surface area contributed by atoms with Crippen LogP contribution in [0.3, 0.4) is 0 Å². The maximum atomic E-state index is 12.5. The standard InChI is InChI=1S/C12H20N4O2S/c1-4-14-12-15-10(13)9(19-12)11(17)16-5-8(3)18-6-7(16)2/h7-8H,4-6,13H2,1-3H3,(H,14,15). The summed E-state index contributed by atoms with van der Waals surface area (Å²) in [5, 5.41) is 3.77. The number of nitrogens with two attached hydrogens (primary N) is 1. The fourth-order valence-corrected chi connectivity index (χ4v) is 2.94. The number of ether oxygens (including phenoxy) is 1. The van der Waals surface area contributed by atoms with Crippen molar-refractivity contribution < 1.29 is 9.53 Å². The van der Waals surface area contributed by atoms with Crippen LogP contribution in [0.2, 0.25) is 0 Å². The highest BCUT2D eigenvalue weighted by molar-refractivity contribution is 7.18. The van der Waals surface area contributed by atoms with E-state index in [1.807, 2.05) is 25.7 Å². The van der Waals surface area contributed by atoms with Crippen LogP contribution in [0.25, 0.3) is 0 Å². The predicted molar refractivity (Wildman–Crippen MR) is 76.6 cm³/mol. The van der Waals surface area contributed by atoms with Gasteiger partial charge in [-0.1, -0.05) is 11.3 Å². The molecule has 0 spiro atoms. The molecule has 1 amide bonds. The van der Waals surface area contributed by atoms with Gasteiger partial charge in [-0.3, -0.25) is 4.79 Å². The Labute approximate surface area is 116 Å². The highest BCUT2D eigenvalue weighted by atomic mass is 32.1. The molecule has 2 atom stereocenters.